The predicted molar refractivity (Wildman–Crippen MR) is 28.4 cm³/mol. The van der Waals surface area contributed by atoms with Gasteiger partial charge in [-0.1, -0.05) is 0 Å². The van der Waals surface area contributed by atoms with Crippen LogP contribution in [0.5, 0.6) is 0 Å². The molecule has 0 saturated carbocycles. The molecule has 0 radical (unpaired) electrons. The van der Waals surface area contributed by atoms with Crippen molar-refractivity contribution in [3.63, 3.8) is 0 Å². The molecule has 2 N–H and O–H groups in total. The lowest BCUT2D eigenvalue weighted by atomic mass is 10.1. The molecule has 54 valence electrons. The molecule has 1 rings (SSSR count). The van der Waals surface area contributed by atoms with Crippen LogP contribution in [-0.4, -0.2) is 25.2 Å². The summed E-state index contributed by atoms with van der Waals surface area (Å²) in [5, 5.41) is 0. The van der Waals surface area contributed by atoms with Gasteiger partial charge in [0.1, 0.15) is 6.61 Å². The summed E-state index contributed by atoms with van der Waals surface area (Å²) >= 11 is 0. The fourth-order valence-corrected chi connectivity index (χ4v) is 0.861. The third-order valence-electron chi connectivity index (χ3n) is 1.21. The van der Waals surface area contributed by atoms with E-state index in [4.69, 9.17) is 5.73 Å². The molecule has 4 heteroatoms. The van der Waals surface area contributed by atoms with Gasteiger partial charge in [0.05, 0.1) is 6.61 Å². The number of hydrogen-bond donors (Lipinski definition) is 1. The van der Waals surface area contributed by atoms with Crippen molar-refractivity contribution in [3.05, 3.63) is 0 Å². The smallest absolute Gasteiger partial charge is 0.272 e. The van der Waals surface area contributed by atoms with Crippen LogP contribution in [0, 0.1) is 0 Å². The van der Waals surface area contributed by atoms with Gasteiger partial charge in [-0.2, -0.15) is 0 Å². The molecule has 2 nitrogen and oxygen atoms in total. The maximum absolute atomic E-state index is 12.2. The zero-order valence-corrected chi connectivity index (χ0v) is 4.94. The Balaban J connectivity index is 2.41. The highest BCUT2D eigenvalue weighted by Gasteiger charge is 2.35. The number of rotatable bonds is 0. The summed E-state index contributed by atoms with van der Waals surface area (Å²) in [6, 6.07) is -0.492. The third kappa shape index (κ3) is 1.87. The molecule has 1 atom stereocenters. The molecule has 0 amide bonds. The minimum absolute atomic E-state index is 0.243. The Morgan fingerprint density at radius 1 is 1.56 bits per heavy atom. The normalized spacial score (nSPS) is 34.3. The van der Waals surface area contributed by atoms with E-state index in [0.29, 0.717) is 0 Å². The lowest BCUT2D eigenvalue weighted by Crippen LogP contribution is -2.42. The Bertz CT molecular complexity index is 107. The van der Waals surface area contributed by atoms with Crippen LogP contribution in [0.4, 0.5) is 8.78 Å². The molecular formula is C5H9F2NO. The Morgan fingerprint density at radius 2 is 2.22 bits per heavy atom. The van der Waals surface area contributed by atoms with Crippen LogP contribution >= 0.6 is 0 Å². The first-order valence-electron chi connectivity index (χ1n) is 2.81. The number of hydrogen-bond acceptors (Lipinski definition) is 2. The van der Waals surface area contributed by atoms with Gasteiger partial charge in [0.2, 0.25) is 0 Å². The van der Waals surface area contributed by atoms with Crippen molar-refractivity contribution >= 4 is 0 Å². The van der Waals surface area contributed by atoms with Crippen LogP contribution in [0.25, 0.3) is 0 Å². The highest BCUT2D eigenvalue weighted by atomic mass is 19.3. The number of halogens is 2. The summed E-state index contributed by atoms with van der Waals surface area (Å²) in [5.41, 5.74) is 5.21. The second kappa shape index (κ2) is 2.19. The zero-order chi connectivity index (χ0) is 6.91. The Morgan fingerprint density at radius 3 is 2.56 bits per heavy atom. The van der Waals surface area contributed by atoms with Crippen LogP contribution < -0.4 is 5.73 Å². The quantitative estimate of drug-likeness (QED) is 0.523. The van der Waals surface area contributed by atoms with E-state index < -0.39 is 18.6 Å². The first-order valence-corrected chi connectivity index (χ1v) is 2.81. The molecule has 1 aliphatic heterocycles. The Hall–Kier alpha value is -0.220. The highest BCUT2D eigenvalue weighted by molar-refractivity contribution is 4.77. The van der Waals surface area contributed by atoms with Crippen LogP contribution in [0.15, 0.2) is 0 Å². The maximum Gasteiger partial charge on any atom is 0.272 e. The minimum Gasteiger partial charge on any atom is -0.374 e. The SMILES string of the molecule is N[C@H]1COCC(F)(F)C1. The van der Waals surface area contributed by atoms with Crippen molar-refractivity contribution in [1.82, 2.24) is 0 Å². The fraction of sp³-hybridized carbons (Fsp3) is 1.00. The summed E-state index contributed by atoms with van der Waals surface area (Å²) in [4.78, 5) is 0. The zero-order valence-electron chi connectivity index (χ0n) is 4.94. The topological polar surface area (TPSA) is 35.2 Å². The van der Waals surface area contributed by atoms with Gasteiger partial charge < -0.3 is 10.5 Å². The van der Waals surface area contributed by atoms with Crippen molar-refractivity contribution in [2.45, 2.75) is 18.4 Å². The first-order chi connectivity index (χ1) is 4.10. The summed E-state index contributed by atoms with van der Waals surface area (Å²) in [6.07, 6.45) is -0.243. The summed E-state index contributed by atoms with van der Waals surface area (Å²) < 4.78 is 29.0. The van der Waals surface area contributed by atoms with E-state index in [1.165, 1.54) is 0 Å². The first kappa shape index (κ1) is 6.89. The van der Waals surface area contributed by atoms with Gasteiger partial charge in [-0.3, -0.25) is 0 Å². The summed E-state index contributed by atoms with van der Waals surface area (Å²) in [7, 11) is 0. The van der Waals surface area contributed by atoms with Crippen molar-refractivity contribution in [1.29, 1.82) is 0 Å². The molecule has 0 spiro atoms. The van der Waals surface area contributed by atoms with Gasteiger partial charge in [0.25, 0.3) is 5.92 Å². The Kier molecular flexibility index (Phi) is 1.68. The fourth-order valence-electron chi connectivity index (χ4n) is 0.861. The van der Waals surface area contributed by atoms with Crippen molar-refractivity contribution in [2.75, 3.05) is 13.2 Å². The molecule has 0 bridgehead atoms. The molecule has 0 aliphatic carbocycles. The van der Waals surface area contributed by atoms with E-state index in [0.717, 1.165) is 0 Å². The van der Waals surface area contributed by atoms with Crippen molar-refractivity contribution < 1.29 is 13.5 Å². The van der Waals surface area contributed by atoms with E-state index in [-0.39, 0.29) is 13.0 Å². The monoisotopic (exact) mass is 137 g/mol. The average Bonchev–Trinajstić information content (AvgIpc) is 1.60. The van der Waals surface area contributed by atoms with Gasteiger partial charge in [0, 0.05) is 12.5 Å². The second-order valence-electron chi connectivity index (χ2n) is 2.34. The van der Waals surface area contributed by atoms with Crippen molar-refractivity contribution in [3.8, 4) is 0 Å². The van der Waals surface area contributed by atoms with Gasteiger partial charge in [-0.25, -0.2) is 8.78 Å². The van der Waals surface area contributed by atoms with Gasteiger partial charge in [-0.05, 0) is 0 Å². The number of ether oxygens (including phenoxy) is 1. The standard InChI is InChI=1S/C5H9F2NO/c6-5(7)1-4(8)2-9-3-5/h4H,1-3,8H2/t4-/m1/s1. The van der Waals surface area contributed by atoms with E-state index in [9.17, 15) is 8.78 Å². The lowest BCUT2D eigenvalue weighted by Gasteiger charge is -2.26. The van der Waals surface area contributed by atoms with Crippen LogP contribution in [0.2, 0.25) is 0 Å². The molecule has 0 aromatic carbocycles. The summed E-state index contributed by atoms with van der Waals surface area (Å²) in [6.45, 7) is -0.212. The molecular weight excluding hydrogens is 128 g/mol. The Labute approximate surface area is 52.0 Å². The van der Waals surface area contributed by atoms with Gasteiger partial charge in [0.15, 0.2) is 0 Å². The minimum atomic E-state index is -2.70. The lowest BCUT2D eigenvalue weighted by molar-refractivity contribution is -0.120. The van der Waals surface area contributed by atoms with Crippen LogP contribution in [0.1, 0.15) is 6.42 Å². The van der Waals surface area contributed by atoms with E-state index in [2.05, 4.69) is 4.74 Å². The second-order valence-corrected chi connectivity index (χ2v) is 2.34. The molecule has 0 aromatic heterocycles. The highest BCUT2D eigenvalue weighted by Crippen LogP contribution is 2.23. The molecule has 9 heavy (non-hydrogen) atoms. The van der Waals surface area contributed by atoms with E-state index in [1.54, 1.807) is 0 Å². The molecule has 1 fully saturated rings. The number of alkyl halides is 2. The van der Waals surface area contributed by atoms with Crippen molar-refractivity contribution in [2.24, 2.45) is 5.73 Å². The van der Waals surface area contributed by atoms with E-state index >= 15 is 0 Å². The maximum atomic E-state index is 12.2. The number of nitrogens with two attached hydrogens (primary N) is 1. The van der Waals surface area contributed by atoms with Gasteiger partial charge in [-0.15, -0.1) is 0 Å². The third-order valence-corrected chi connectivity index (χ3v) is 1.21. The molecule has 1 heterocycles. The van der Waals surface area contributed by atoms with Crippen LogP contribution in [-0.2, 0) is 4.74 Å². The average molecular weight is 137 g/mol. The molecule has 1 saturated heterocycles. The van der Waals surface area contributed by atoms with Gasteiger partial charge >= 0.3 is 0 Å². The largest absolute Gasteiger partial charge is 0.374 e. The summed E-state index contributed by atoms with van der Waals surface area (Å²) in [5.74, 6) is -2.70. The molecule has 1 aliphatic rings. The molecule has 0 unspecified atom stereocenters. The van der Waals surface area contributed by atoms with E-state index in [1.807, 2.05) is 0 Å². The predicted octanol–water partition coefficient (Wildman–Crippen LogP) is 0.369. The molecule has 0 aromatic rings. The van der Waals surface area contributed by atoms with Crippen LogP contribution in [0.3, 0.4) is 0 Å².